The first kappa shape index (κ1) is 13.3. The van der Waals surface area contributed by atoms with E-state index >= 15 is 0 Å². The van der Waals surface area contributed by atoms with Gasteiger partial charge in [0.15, 0.2) is 0 Å². The summed E-state index contributed by atoms with van der Waals surface area (Å²) in [5.41, 5.74) is 1.01. The Morgan fingerprint density at radius 1 is 1.39 bits per heavy atom. The SMILES string of the molecule is COc1cccc(CN2CCCCCC2CO)n1. The molecule has 0 aliphatic carbocycles. The zero-order valence-electron chi connectivity index (χ0n) is 11.0. The predicted molar refractivity (Wildman–Crippen MR) is 70.5 cm³/mol. The third-order valence-electron chi connectivity index (χ3n) is 3.57. The number of aliphatic hydroxyl groups excluding tert-OH is 1. The van der Waals surface area contributed by atoms with Gasteiger partial charge in [-0.25, -0.2) is 4.98 Å². The highest BCUT2D eigenvalue weighted by Crippen LogP contribution is 2.19. The van der Waals surface area contributed by atoms with E-state index in [0.717, 1.165) is 25.2 Å². The number of pyridine rings is 1. The summed E-state index contributed by atoms with van der Waals surface area (Å²) >= 11 is 0. The molecule has 2 rings (SSSR count). The second-order valence-corrected chi connectivity index (χ2v) is 4.83. The number of aromatic nitrogens is 1. The van der Waals surface area contributed by atoms with Gasteiger partial charge >= 0.3 is 0 Å². The van der Waals surface area contributed by atoms with Crippen LogP contribution in [0.15, 0.2) is 18.2 Å². The summed E-state index contributed by atoms with van der Waals surface area (Å²) in [7, 11) is 1.63. The maximum atomic E-state index is 9.48. The Morgan fingerprint density at radius 2 is 2.28 bits per heavy atom. The Balaban J connectivity index is 2.05. The molecule has 100 valence electrons. The summed E-state index contributed by atoms with van der Waals surface area (Å²) in [6.07, 6.45) is 4.77. The smallest absolute Gasteiger partial charge is 0.213 e. The van der Waals surface area contributed by atoms with Crippen molar-refractivity contribution in [2.24, 2.45) is 0 Å². The van der Waals surface area contributed by atoms with E-state index < -0.39 is 0 Å². The van der Waals surface area contributed by atoms with Gasteiger partial charge in [-0.1, -0.05) is 18.9 Å². The zero-order chi connectivity index (χ0) is 12.8. The molecule has 0 amide bonds. The van der Waals surface area contributed by atoms with E-state index in [2.05, 4.69) is 9.88 Å². The largest absolute Gasteiger partial charge is 0.481 e. The van der Waals surface area contributed by atoms with E-state index in [1.165, 1.54) is 19.3 Å². The van der Waals surface area contributed by atoms with Gasteiger partial charge in [0.2, 0.25) is 5.88 Å². The van der Waals surface area contributed by atoms with Crippen LogP contribution in [0.1, 0.15) is 31.4 Å². The monoisotopic (exact) mass is 250 g/mol. The number of ether oxygens (including phenoxy) is 1. The second-order valence-electron chi connectivity index (χ2n) is 4.83. The van der Waals surface area contributed by atoms with Crippen LogP contribution in [0.2, 0.25) is 0 Å². The van der Waals surface area contributed by atoms with Crippen molar-refractivity contribution < 1.29 is 9.84 Å². The van der Waals surface area contributed by atoms with Crippen molar-refractivity contribution in [1.82, 2.24) is 9.88 Å². The van der Waals surface area contributed by atoms with Gasteiger partial charge in [-0.05, 0) is 25.5 Å². The molecular formula is C14H22N2O2. The number of likely N-dealkylation sites (tertiary alicyclic amines) is 1. The molecule has 2 heterocycles. The molecule has 0 saturated carbocycles. The number of methoxy groups -OCH3 is 1. The third-order valence-corrected chi connectivity index (χ3v) is 3.57. The highest BCUT2D eigenvalue weighted by molar-refractivity contribution is 5.15. The Labute approximate surface area is 109 Å². The van der Waals surface area contributed by atoms with Crippen molar-refractivity contribution in [3.05, 3.63) is 23.9 Å². The molecule has 0 radical (unpaired) electrons. The molecule has 1 aliphatic heterocycles. The lowest BCUT2D eigenvalue weighted by atomic mass is 10.1. The number of hydrogen-bond acceptors (Lipinski definition) is 4. The number of hydrogen-bond donors (Lipinski definition) is 1. The van der Waals surface area contributed by atoms with E-state index in [1.54, 1.807) is 7.11 Å². The molecule has 1 saturated heterocycles. The van der Waals surface area contributed by atoms with E-state index in [0.29, 0.717) is 5.88 Å². The molecule has 1 fully saturated rings. The molecule has 1 unspecified atom stereocenters. The molecule has 1 aromatic heterocycles. The normalized spacial score (nSPS) is 21.6. The summed E-state index contributed by atoms with van der Waals surface area (Å²) in [5, 5.41) is 9.48. The lowest BCUT2D eigenvalue weighted by Crippen LogP contribution is -2.37. The van der Waals surface area contributed by atoms with E-state index in [-0.39, 0.29) is 12.6 Å². The summed E-state index contributed by atoms with van der Waals surface area (Å²) in [6, 6.07) is 6.12. The molecule has 0 aromatic carbocycles. The van der Waals surface area contributed by atoms with Gasteiger partial charge in [-0.3, -0.25) is 4.90 Å². The van der Waals surface area contributed by atoms with Gasteiger partial charge in [0.1, 0.15) is 0 Å². The Bertz CT molecular complexity index is 371. The highest BCUT2D eigenvalue weighted by Gasteiger charge is 2.20. The topological polar surface area (TPSA) is 45.6 Å². The average Bonchev–Trinajstić information content (AvgIpc) is 2.64. The molecule has 4 nitrogen and oxygen atoms in total. The van der Waals surface area contributed by atoms with Gasteiger partial charge in [0.25, 0.3) is 0 Å². The maximum absolute atomic E-state index is 9.48. The first-order valence-electron chi connectivity index (χ1n) is 6.68. The number of nitrogens with zero attached hydrogens (tertiary/aromatic N) is 2. The van der Waals surface area contributed by atoms with Crippen LogP contribution in [0.3, 0.4) is 0 Å². The van der Waals surface area contributed by atoms with Gasteiger partial charge in [0, 0.05) is 18.7 Å². The van der Waals surface area contributed by atoms with Crippen molar-refractivity contribution >= 4 is 0 Å². The molecule has 18 heavy (non-hydrogen) atoms. The average molecular weight is 250 g/mol. The molecular weight excluding hydrogens is 228 g/mol. The Morgan fingerprint density at radius 3 is 3.06 bits per heavy atom. The standard InChI is InChI=1S/C14H22N2O2/c1-18-14-8-5-6-12(15-14)10-16-9-4-2-3-7-13(16)11-17/h5-6,8,13,17H,2-4,7,9-11H2,1H3. The van der Waals surface area contributed by atoms with Crippen molar-refractivity contribution in [3.63, 3.8) is 0 Å². The minimum absolute atomic E-state index is 0.240. The second kappa shape index (κ2) is 6.71. The highest BCUT2D eigenvalue weighted by atomic mass is 16.5. The molecule has 1 N–H and O–H groups in total. The van der Waals surface area contributed by atoms with Crippen LogP contribution in [-0.2, 0) is 6.54 Å². The third kappa shape index (κ3) is 3.43. The van der Waals surface area contributed by atoms with E-state index in [9.17, 15) is 5.11 Å². The minimum atomic E-state index is 0.240. The summed E-state index contributed by atoms with van der Waals surface area (Å²) in [6.45, 7) is 2.08. The van der Waals surface area contributed by atoms with Crippen LogP contribution in [0.5, 0.6) is 5.88 Å². The fourth-order valence-electron chi connectivity index (χ4n) is 2.52. The Hall–Kier alpha value is -1.13. The van der Waals surface area contributed by atoms with Gasteiger partial charge in [-0.15, -0.1) is 0 Å². The quantitative estimate of drug-likeness (QED) is 0.885. The van der Waals surface area contributed by atoms with Gasteiger partial charge < -0.3 is 9.84 Å². The van der Waals surface area contributed by atoms with Crippen molar-refractivity contribution in [3.8, 4) is 5.88 Å². The van der Waals surface area contributed by atoms with Crippen LogP contribution in [0.4, 0.5) is 0 Å². The fourth-order valence-corrected chi connectivity index (χ4v) is 2.52. The van der Waals surface area contributed by atoms with Crippen molar-refractivity contribution in [2.75, 3.05) is 20.3 Å². The van der Waals surface area contributed by atoms with Crippen LogP contribution < -0.4 is 4.74 Å². The summed E-state index contributed by atoms with van der Waals surface area (Å²) < 4.78 is 5.14. The zero-order valence-corrected chi connectivity index (χ0v) is 11.0. The number of aliphatic hydroxyl groups is 1. The summed E-state index contributed by atoms with van der Waals surface area (Å²) in [5.74, 6) is 0.655. The molecule has 1 aromatic rings. The molecule has 1 aliphatic rings. The molecule has 0 spiro atoms. The van der Waals surface area contributed by atoms with E-state index in [1.807, 2.05) is 18.2 Å². The fraction of sp³-hybridized carbons (Fsp3) is 0.643. The van der Waals surface area contributed by atoms with Crippen molar-refractivity contribution in [2.45, 2.75) is 38.3 Å². The minimum Gasteiger partial charge on any atom is -0.481 e. The van der Waals surface area contributed by atoms with Crippen molar-refractivity contribution in [1.29, 1.82) is 0 Å². The van der Waals surface area contributed by atoms with Crippen LogP contribution in [-0.4, -0.2) is 41.3 Å². The van der Waals surface area contributed by atoms with E-state index in [4.69, 9.17) is 4.74 Å². The van der Waals surface area contributed by atoms with Gasteiger partial charge in [-0.2, -0.15) is 0 Å². The molecule has 0 bridgehead atoms. The van der Waals surface area contributed by atoms with Crippen LogP contribution in [0, 0.1) is 0 Å². The maximum Gasteiger partial charge on any atom is 0.213 e. The van der Waals surface area contributed by atoms with Crippen LogP contribution >= 0.6 is 0 Å². The summed E-state index contributed by atoms with van der Waals surface area (Å²) in [4.78, 5) is 6.78. The first-order valence-corrected chi connectivity index (χ1v) is 6.68. The molecule has 4 heteroatoms. The number of rotatable bonds is 4. The lowest BCUT2D eigenvalue weighted by molar-refractivity contribution is 0.117. The molecule has 1 atom stereocenters. The lowest BCUT2D eigenvalue weighted by Gasteiger charge is -2.28. The predicted octanol–water partition coefficient (Wildman–Crippen LogP) is 1.83. The van der Waals surface area contributed by atoms with Gasteiger partial charge in [0.05, 0.1) is 19.4 Å². The van der Waals surface area contributed by atoms with Crippen LogP contribution in [0.25, 0.3) is 0 Å². The first-order chi connectivity index (χ1) is 8.83. The Kier molecular flexibility index (Phi) is 4.96.